The van der Waals surface area contributed by atoms with Gasteiger partial charge in [-0.15, -0.1) is 0 Å². The van der Waals surface area contributed by atoms with Crippen LogP contribution in [0.1, 0.15) is 22.6 Å². The van der Waals surface area contributed by atoms with E-state index in [1.807, 2.05) is 6.07 Å². The number of rotatable bonds is 10. The molecule has 0 aliphatic carbocycles. The van der Waals surface area contributed by atoms with Gasteiger partial charge >= 0.3 is 0 Å². The molecular formula is C28H24FN5O5S. The van der Waals surface area contributed by atoms with E-state index in [9.17, 15) is 20.0 Å². The molecule has 12 heteroatoms. The Morgan fingerprint density at radius 1 is 1.10 bits per heavy atom. The molecule has 0 saturated heterocycles. The second-order valence-corrected chi connectivity index (χ2v) is 9.44. The molecule has 0 unspecified atom stereocenters. The predicted molar refractivity (Wildman–Crippen MR) is 145 cm³/mol. The van der Waals surface area contributed by atoms with E-state index < -0.39 is 18.5 Å². The third-order valence-corrected chi connectivity index (χ3v) is 6.84. The van der Waals surface area contributed by atoms with Gasteiger partial charge in [-0.1, -0.05) is 23.9 Å². The molecule has 0 saturated carbocycles. The van der Waals surface area contributed by atoms with Gasteiger partial charge in [0.05, 0.1) is 30.5 Å². The summed E-state index contributed by atoms with van der Waals surface area (Å²) in [5, 5.41) is 38.6. The van der Waals surface area contributed by atoms with Crippen LogP contribution in [0.2, 0.25) is 0 Å². The molecule has 4 rings (SSSR count). The molecule has 0 aliphatic rings. The van der Waals surface area contributed by atoms with Crippen LogP contribution in [-0.2, 0) is 5.75 Å². The molecule has 0 bridgehead atoms. The van der Waals surface area contributed by atoms with Crippen LogP contribution in [0, 0.1) is 35.4 Å². The zero-order valence-corrected chi connectivity index (χ0v) is 22.3. The van der Waals surface area contributed by atoms with Crippen molar-refractivity contribution in [3.63, 3.8) is 0 Å². The first-order valence-corrected chi connectivity index (χ1v) is 12.9. The Labute approximate surface area is 233 Å². The molecule has 4 N–H and O–H groups in total. The molecule has 0 aliphatic heterocycles. The van der Waals surface area contributed by atoms with E-state index in [0.717, 1.165) is 0 Å². The minimum atomic E-state index is -1.02. The normalized spacial score (nSPS) is 11.5. The summed E-state index contributed by atoms with van der Waals surface area (Å²) >= 11 is 1.18. The monoisotopic (exact) mass is 561 g/mol. The van der Waals surface area contributed by atoms with Crippen molar-refractivity contribution in [2.45, 2.75) is 23.8 Å². The first kappa shape index (κ1) is 28.4. The van der Waals surface area contributed by atoms with Crippen molar-refractivity contribution >= 4 is 17.6 Å². The molecule has 0 spiro atoms. The van der Waals surface area contributed by atoms with E-state index in [2.05, 4.69) is 16.0 Å². The smallest absolute Gasteiger partial charge is 0.229 e. The van der Waals surface area contributed by atoms with Crippen molar-refractivity contribution in [2.75, 3.05) is 26.1 Å². The SMILES string of the molecule is COc1ccc(-c2nc(CSc3nc(N)c(C#N)c(-c4ccc(OC[C@@H](O)CO)cc4)c3C#N)c(C)o2)c(F)c1. The second-order valence-electron chi connectivity index (χ2n) is 8.48. The number of aliphatic hydroxyl groups excluding tert-OH is 2. The molecule has 2 aromatic heterocycles. The predicted octanol–water partition coefficient (Wildman–Crippen LogP) is 4.21. The van der Waals surface area contributed by atoms with Crippen LogP contribution in [0.15, 0.2) is 51.9 Å². The van der Waals surface area contributed by atoms with Crippen LogP contribution in [0.4, 0.5) is 10.2 Å². The van der Waals surface area contributed by atoms with Crippen molar-refractivity contribution in [2.24, 2.45) is 0 Å². The van der Waals surface area contributed by atoms with Gasteiger partial charge in [0.25, 0.3) is 0 Å². The summed E-state index contributed by atoms with van der Waals surface area (Å²) in [7, 11) is 1.44. The fourth-order valence-corrected chi connectivity index (χ4v) is 4.76. The highest BCUT2D eigenvalue weighted by Gasteiger charge is 2.22. The van der Waals surface area contributed by atoms with Gasteiger partial charge in [-0.3, -0.25) is 0 Å². The molecule has 2 heterocycles. The average molecular weight is 562 g/mol. The third-order valence-electron chi connectivity index (χ3n) is 5.86. The van der Waals surface area contributed by atoms with E-state index in [4.69, 9.17) is 24.7 Å². The largest absolute Gasteiger partial charge is 0.497 e. The van der Waals surface area contributed by atoms with E-state index in [1.165, 1.54) is 31.0 Å². The zero-order valence-electron chi connectivity index (χ0n) is 21.5. The van der Waals surface area contributed by atoms with Crippen molar-refractivity contribution in [3.05, 3.63) is 70.9 Å². The van der Waals surface area contributed by atoms with E-state index in [0.29, 0.717) is 39.1 Å². The van der Waals surface area contributed by atoms with Crippen molar-refractivity contribution in [1.29, 1.82) is 10.5 Å². The number of nitrogens with two attached hydrogens (primary N) is 1. The first-order valence-electron chi connectivity index (χ1n) is 11.9. The first-order chi connectivity index (χ1) is 19.3. The minimum Gasteiger partial charge on any atom is -0.497 e. The molecule has 1 atom stereocenters. The summed E-state index contributed by atoms with van der Waals surface area (Å²) in [6.07, 6.45) is -1.02. The van der Waals surface area contributed by atoms with Gasteiger partial charge in [-0.2, -0.15) is 10.5 Å². The summed E-state index contributed by atoms with van der Waals surface area (Å²) in [6, 6.07) is 15.1. The van der Waals surface area contributed by atoms with Gasteiger partial charge in [-0.05, 0) is 36.8 Å². The van der Waals surface area contributed by atoms with Gasteiger partial charge in [0, 0.05) is 17.4 Å². The lowest BCUT2D eigenvalue weighted by molar-refractivity contribution is 0.0536. The van der Waals surface area contributed by atoms with E-state index in [-0.39, 0.29) is 40.8 Å². The van der Waals surface area contributed by atoms with Gasteiger partial charge in [0.1, 0.15) is 64.3 Å². The number of aryl methyl sites for hydroxylation is 1. The molecule has 40 heavy (non-hydrogen) atoms. The van der Waals surface area contributed by atoms with Gasteiger partial charge in [0.2, 0.25) is 5.89 Å². The molecule has 10 nitrogen and oxygen atoms in total. The maximum atomic E-state index is 14.6. The molecular weight excluding hydrogens is 537 g/mol. The van der Waals surface area contributed by atoms with Crippen LogP contribution in [-0.4, -0.2) is 46.6 Å². The maximum absolute atomic E-state index is 14.6. The summed E-state index contributed by atoms with van der Waals surface area (Å²) in [6.45, 7) is 1.17. The molecule has 0 fully saturated rings. The standard InChI is InChI=1S/C28H24FN5O5S/c1-15-24(33-27(39-15)20-8-7-19(37-2)9-23(20)29)14-40-28-22(11-31)25(21(10-30)26(32)34-28)16-3-5-18(6-4-16)38-13-17(36)12-35/h3-9,17,35-36H,12-14H2,1-2H3,(H2,32,34)/t17-/m0/s1. The summed E-state index contributed by atoms with van der Waals surface area (Å²) in [5.74, 6) is 1.03. The number of thioether (sulfide) groups is 1. The van der Waals surface area contributed by atoms with Crippen LogP contribution in [0.3, 0.4) is 0 Å². The van der Waals surface area contributed by atoms with E-state index in [1.54, 1.807) is 37.3 Å². The van der Waals surface area contributed by atoms with Crippen LogP contribution < -0.4 is 15.2 Å². The average Bonchev–Trinajstić information content (AvgIpc) is 3.34. The number of aliphatic hydroxyl groups is 2. The van der Waals surface area contributed by atoms with Gasteiger partial charge < -0.3 is 29.8 Å². The highest BCUT2D eigenvalue weighted by molar-refractivity contribution is 7.98. The molecule has 204 valence electrons. The third kappa shape index (κ3) is 6.00. The van der Waals surface area contributed by atoms with Crippen molar-refractivity contribution in [1.82, 2.24) is 9.97 Å². The van der Waals surface area contributed by atoms with Crippen LogP contribution in [0.5, 0.6) is 11.5 Å². The van der Waals surface area contributed by atoms with Gasteiger partial charge in [0.15, 0.2) is 0 Å². The number of hydrogen-bond donors (Lipinski definition) is 3. The lowest BCUT2D eigenvalue weighted by Crippen LogP contribution is -2.21. The van der Waals surface area contributed by atoms with Crippen LogP contribution >= 0.6 is 11.8 Å². The molecule has 0 radical (unpaired) electrons. The Balaban J connectivity index is 1.63. The number of pyridine rings is 1. The number of nitriles is 2. The summed E-state index contributed by atoms with van der Waals surface area (Å²) < 4.78 is 30.7. The number of halogens is 1. The Kier molecular flexibility index (Phi) is 8.86. The van der Waals surface area contributed by atoms with Crippen molar-refractivity contribution < 1.29 is 28.5 Å². The Morgan fingerprint density at radius 2 is 1.80 bits per heavy atom. The Hall–Kier alpha value is -4.62. The molecule has 2 aromatic carbocycles. The maximum Gasteiger partial charge on any atom is 0.229 e. The van der Waals surface area contributed by atoms with Crippen molar-refractivity contribution in [3.8, 4) is 46.2 Å². The lowest BCUT2D eigenvalue weighted by atomic mass is 9.97. The lowest BCUT2D eigenvalue weighted by Gasteiger charge is -2.14. The zero-order chi connectivity index (χ0) is 28.8. The number of nitrogens with zero attached hydrogens (tertiary/aromatic N) is 4. The number of methoxy groups -OCH3 is 1. The number of nitrogen functional groups attached to an aromatic ring is 1. The number of hydrogen-bond acceptors (Lipinski definition) is 11. The fraction of sp³-hybridized carbons (Fsp3) is 0.214. The summed E-state index contributed by atoms with van der Waals surface area (Å²) in [4.78, 5) is 8.75. The molecule has 4 aromatic rings. The Morgan fingerprint density at radius 3 is 2.42 bits per heavy atom. The number of oxazole rings is 1. The topological polar surface area (TPSA) is 171 Å². The number of anilines is 1. The Bertz CT molecular complexity index is 1610. The minimum absolute atomic E-state index is 0.0386. The number of benzene rings is 2. The van der Waals surface area contributed by atoms with Crippen LogP contribution in [0.25, 0.3) is 22.6 Å². The number of ether oxygens (including phenoxy) is 2. The summed E-state index contributed by atoms with van der Waals surface area (Å²) in [5.41, 5.74) is 7.89. The highest BCUT2D eigenvalue weighted by atomic mass is 32.2. The second kappa shape index (κ2) is 12.5. The number of aromatic nitrogens is 2. The van der Waals surface area contributed by atoms with E-state index >= 15 is 0 Å². The highest BCUT2D eigenvalue weighted by Crippen LogP contribution is 2.38. The fourth-order valence-electron chi connectivity index (χ4n) is 3.76. The van der Waals surface area contributed by atoms with Gasteiger partial charge in [-0.25, -0.2) is 14.4 Å². The quantitative estimate of drug-likeness (QED) is 0.237. The molecule has 0 amide bonds.